The molecule has 2 heterocycles. The number of hydrogen-bond acceptors (Lipinski definition) is 6. The van der Waals surface area contributed by atoms with Gasteiger partial charge in [0.2, 0.25) is 5.91 Å². The highest BCUT2D eigenvalue weighted by molar-refractivity contribution is 7.22. The molecule has 30 heavy (non-hydrogen) atoms. The van der Waals surface area contributed by atoms with Crippen LogP contribution >= 0.6 is 11.3 Å². The Labute approximate surface area is 175 Å². The van der Waals surface area contributed by atoms with Crippen LogP contribution in [-0.2, 0) is 4.79 Å². The molecule has 1 fully saturated rings. The Morgan fingerprint density at radius 2 is 1.90 bits per heavy atom. The zero-order valence-corrected chi connectivity index (χ0v) is 16.9. The van der Waals surface area contributed by atoms with Crippen molar-refractivity contribution in [2.45, 2.75) is 25.7 Å². The van der Waals surface area contributed by atoms with Gasteiger partial charge in [0.1, 0.15) is 0 Å². The molecule has 0 unspecified atom stereocenters. The van der Waals surface area contributed by atoms with Gasteiger partial charge in [-0.25, -0.2) is 9.67 Å². The Morgan fingerprint density at radius 3 is 2.63 bits per heavy atom. The fourth-order valence-corrected chi connectivity index (χ4v) is 4.25. The summed E-state index contributed by atoms with van der Waals surface area (Å²) in [5.74, 6) is -0.168. The maximum atomic E-state index is 13.0. The van der Waals surface area contributed by atoms with E-state index in [0.717, 1.165) is 34.4 Å². The van der Waals surface area contributed by atoms with Crippen molar-refractivity contribution in [1.82, 2.24) is 20.0 Å². The molecule has 4 aromatic rings. The Kier molecular flexibility index (Phi) is 4.51. The second kappa shape index (κ2) is 7.34. The highest BCUT2D eigenvalue weighted by atomic mass is 32.1. The van der Waals surface area contributed by atoms with E-state index in [0.29, 0.717) is 16.5 Å². The molecule has 1 aliphatic carbocycles. The number of nitrogens with zero attached hydrogens (tertiary/aromatic N) is 4. The van der Waals surface area contributed by atoms with Gasteiger partial charge in [0.25, 0.3) is 5.91 Å². The lowest BCUT2D eigenvalue weighted by molar-refractivity contribution is -0.114. The van der Waals surface area contributed by atoms with Gasteiger partial charge in [-0.1, -0.05) is 34.7 Å². The standard InChI is InChI=1S/C21H18N6O2S/c1-12(28)22-14-9-10-16-17(11-14)30-21(23-16)24-20(29)18-19(13-7-8-13)27(26-25-18)15-5-3-2-4-6-15/h2-6,9-11,13H,7-8H2,1H3,(H,22,28)(H,23,24,29). The molecular weight excluding hydrogens is 400 g/mol. The van der Waals surface area contributed by atoms with Gasteiger partial charge >= 0.3 is 0 Å². The highest BCUT2D eigenvalue weighted by Crippen LogP contribution is 2.42. The van der Waals surface area contributed by atoms with E-state index in [1.807, 2.05) is 42.5 Å². The lowest BCUT2D eigenvalue weighted by Gasteiger charge is -2.06. The first-order valence-corrected chi connectivity index (χ1v) is 10.4. The molecular formula is C21H18N6O2S. The third-order valence-corrected chi connectivity index (χ3v) is 5.75. The monoisotopic (exact) mass is 418 g/mol. The smallest absolute Gasteiger partial charge is 0.279 e. The second-order valence-electron chi connectivity index (χ2n) is 7.18. The summed E-state index contributed by atoms with van der Waals surface area (Å²) in [4.78, 5) is 28.7. The fourth-order valence-electron chi connectivity index (χ4n) is 3.35. The number of aromatic nitrogens is 4. The number of fused-ring (bicyclic) bond motifs is 1. The summed E-state index contributed by atoms with van der Waals surface area (Å²) in [7, 11) is 0. The maximum absolute atomic E-state index is 13.0. The van der Waals surface area contributed by atoms with E-state index in [4.69, 9.17) is 0 Å². The van der Waals surface area contributed by atoms with Crippen LogP contribution in [0.2, 0.25) is 0 Å². The van der Waals surface area contributed by atoms with Crippen molar-refractivity contribution in [2.75, 3.05) is 10.6 Å². The molecule has 1 aliphatic rings. The van der Waals surface area contributed by atoms with E-state index < -0.39 is 0 Å². The molecule has 1 saturated carbocycles. The van der Waals surface area contributed by atoms with E-state index in [9.17, 15) is 9.59 Å². The van der Waals surface area contributed by atoms with Crippen LogP contribution in [0.5, 0.6) is 0 Å². The van der Waals surface area contributed by atoms with Gasteiger partial charge in [-0.2, -0.15) is 0 Å². The van der Waals surface area contributed by atoms with E-state index in [1.165, 1.54) is 18.3 Å². The van der Waals surface area contributed by atoms with Gasteiger partial charge in [0.15, 0.2) is 10.8 Å². The Morgan fingerprint density at radius 1 is 1.10 bits per heavy atom. The van der Waals surface area contributed by atoms with Crippen LogP contribution in [-0.4, -0.2) is 31.8 Å². The van der Waals surface area contributed by atoms with Crippen LogP contribution in [0.15, 0.2) is 48.5 Å². The number of hydrogen-bond donors (Lipinski definition) is 2. The second-order valence-corrected chi connectivity index (χ2v) is 8.21. The largest absolute Gasteiger partial charge is 0.326 e. The van der Waals surface area contributed by atoms with Crippen molar-refractivity contribution >= 4 is 44.2 Å². The van der Waals surface area contributed by atoms with Crippen LogP contribution < -0.4 is 10.6 Å². The zero-order chi connectivity index (χ0) is 20.7. The minimum absolute atomic E-state index is 0.138. The molecule has 0 radical (unpaired) electrons. The number of amides is 2. The molecule has 5 rings (SSSR count). The van der Waals surface area contributed by atoms with Gasteiger partial charge in [0.05, 0.1) is 21.6 Å². The Hall–Kier alpha value is -3.59. The average Bonchev–Trinajstić information content (AvgIpc) is 3.34. The number of benzene rings is 2. The van der Waals surface area contributed by atoms with E-state index in [1.54, 1.807) is 10.7 Å². The third-order valence-electron chi connectivity index (χ3n) is 4.81. The summed E-state index contributed by atoms with van der Waals surface area (Å²) in [6.45, 7) is 1.46. The van der Waals surface area contributed by atoms with Crippen molar-refractivity contribution in [3.8, 4) is 5.69 Å². The summed E-state index contributed by atoms with van der Waals surface area (Å²) in [5, 5.41) is 14.5. The van der Waals surface area contributed by atoms with E-state index >= 15 is 0 Å². The number of carbonyl (C=O) groups excluding carboxylic acids is 2. The van der Waals surface area contributed by atoms with Crippen molar-refractivity contribution in [2.24, 2.45) is 0 Å². The van der Waals surface area contributed by atoms with Crippen LogP contribution in [0.1, 0.15) is 41.9 Å². The highest BCUT2D eigenvalue weighted by Gasteiger charge is 2.34. The first-order valence-electron chi connectivity index (χ1n) is 9.59. The lowest BCUT2D eigenvalue weighted by Crippen LogP contribution is -2.15. The Balaban J connectivity index is 1.43. The van der Waals surface area contributed by atoms with E-state index in [2.05, 4.69) is 25.9 Å². The molecule has 2 aromatic carbocycles. The summed E-state index contributed by atoms with van der Waals surface area (Å²) in [6, 6.07) is 15.1. The normalized spacial score (nSPS) is 13.4. The SMILES string of the molecule is CC(=O)Nc1ccc2nc(NC(=O)c3nnn(-c4ccccc4)c3C3CC3)sc2c1. The quantitative estimate of drug-likeness (QED) is 0.511. The maximum Gasteiger partial charge on any atom is 0.279 e. The van der Waals surface area contributed by atoms with Crippen molar-refractivity contribution in [3.05, 3.63) is 59.9 Å². The van der Waals surface area contributed by atoms with Crippen LogP contribution in [0.3, 0.4) is 0 Å². The number of rotatable bonds is 5. The van der Waals surface area contributed by atoms with Crippen LogP contribution in [0.25, 0.3) is 15.9 Å². The molecule has 2 amide bonds. The number of para-hydroxylation sites is 1. The van der Waals surface area contributed by atoms with E-state index in [-0.39, 0.29) is 17.7 Å². The van der Waals surface area contributed by atoms with Gasteiger partial charge in [-0.05, 0) is 43.2 Å². The molecule has 0 atom stereocenters. The summed E-state index contributed by atoms with van der Waals surface area (Å²) in [5.41, 5.74) is 3.50. The Bertz CT molecular complexity index is 1260. The molecule has 8 nitrogen and oxygen atoms in total. The first kappa shape index (κ1) is 18.4. The molecule has 2 N–H and O–H groups in total. The summed E-state index contributed by atoms with van der Waals surface area (Å²) >= 11 is 1.35. The van der Waals surface area contributed by atoms with Crippen LogP contribution in [0, 0.1) is 0 Å². The van der Waals surface area contributed by atoms with Gasteiger partial charge in [-0.15, -0.1) is 5.10 Å². The fraction of sp³-hybridized carbons (Fsp3) is 0.190. The lowest BCUT2D eigenvalue weighted by atomic mass is 10.2. The predicted octanol–water partition coefficient (Wildman–Crippen LogP) is 3.97. The molecule has 150 valence electrons. The number of anilines is 2. The van der Waals surface area contributed by atoms with Crippen LogP contribution in [0.4, 0.5) is 10.8 Å². The summed E-state index contributed by atoms with van der Waals surface area (Å²) in [6.07, 6.45) is 2.04. The average molecular weight is 418 g/mol. The molecule has 2 aromatic heterocycles. The minimum atomic E-state index is -0.319. The molecule has 0 bridgehead atoms. The topological polar surface area (TPSA) is 102 Å². The van der Waals surface area contributed by atoms with Gasteiger partial charge in [0, 0.05) is 18.5 Å². The predicted molar refractivity (Wildman–Crippen MR) is 115 cm³/mol. The van der Waals surface area contributed by atoms with Gasteiger partial charge < -0.3 is 5.32 Å². The minimum Gasteiger partial charge on any atom is -0.326 e. The molecule has 9 heteroatoms. The van der Waals surface area contributed by atoms with Crippen molar-refractivity contribution in [3.63, 3.8) is 0 Å². The summed E-state index contributed by atoms with van der Waals surface area (Å²) < 4.78 is 2.62. The molecule has 0 spiro atoms. The molecule has 0 saturated heterocycles. The number of carbonyl (C=O) groups is 2. The number of thiazole rings is 1. The number of nitrogens with one attached hydrogen (secondary N) is 2. The zero-order valence-electron chi connectivity index (χ0n) is 16.1. The van der Waals surface area contributed by atoms with Gasteiger partial charge in [-0.3, -0.25) is 14.9 Å². The van der Waals surface area contributed by atoms with Crippen molar-refractivity contribution in [1.29, 1.82) is 0 Å². The third kappa shape index (κ3) is 3.55. The first-order chi connectivity index (χ1) is 14.6. The van der Waals surface area contributed by atoms with Crippen molar-refractivity contribution < 1.29 is 9.59 Å². The molecule has 0 aliphatic heterocycles.